The lowest BCUT2D eigenvalue weighted by Gasteiger charge is -2.31. The van der Waals surface area contributed by atoms with Gasteiger partial charge in [0.05, 0.1) is 22.3 Å². The van der Waals surface area contributed by atoms with Crippen LogP contribution in [0.3, 0.4) is 0 Å². The Kier molecular flexibility index (Phi) is 6.96. The van der Waals surface area contributed by atoms with Crippen LogP contribution in [0, 0.1) is 18.7 Å². The molecule has 0 radical (unpaired) electrons. The molecule has 3 aromatic carbocycles. The first kappa shape index (κ1) is 25.9. The Labute approximate surface area is 216 Å². The average Bonchev–Trinajstić information content (AvgIpc) is 3.19. The highest BCUT2D eigenvalue weighted by Crippen LogP contribution is 2.30. The summed E-state index contributed by atoms with van der Waals surface area (Å²) in [5.74, 6) is -0.471. The standard InChI is InChI=1S/C29H27F4N3O2/c1-19-3-2-4-25-26(19)36(24-11-7-22(8-12-24)29(31,32)33)28(38)35(25)18-17-34-15-13-21(14-16-34)27(37)20-5-9-23(30)10-6-20/h2-12,21H,13-18H2,1H3. The summed E-state index contributed by atoms with van der Waals surface area (Å²) in [7, 11) is 0. The van der Waals surface area contributed by atoms with Gasteiger partial charge in [-0.1, -0.05) is 12.1 Å². The molecular formula is C29H27F4N3O2. The molecule has 9 heteroatoms. The number of halogens is 4. The van der Waals surface area contributed by atoms with Gasteiger partial charge >= 0.3 is 11.9 Å². The molecule has 0 aliphatic carbocycles. The maximum absolute atomic E-state index is 13.5. The van der Waals surface area contributed by atoms with E-state index in [4.69, 9.17) is 0 Å². The topological polar surface area (TPSA) is 47.2 Å². The fourth-order valence-corrected chi connectivity index (χ4v) is 5.24. The molecule has 1 aliphatic heterocycles. The van der Waals surface area contributed by atoms with E-state index in [-0.39, 0.29) is 23.2 Å². The summed E-state index contributed by atoms with van der Waals surface area (Å²) in [6, 6.07) is 15.8. The van der Waals surface area contributed by atoms with E-state index < -0.39 is 11.7 Å². The second-order valence-corrected chi connectivity index (χ2v) is 9.74. The van der Waals surface area contributed by atoms with Crippen molar-refractivity contribution >= 4 is 16.8 Å². The predicted molar refractivity (Wildman–Crippen MR) is 137 cm³/mol. The molecule has 5 nitrogen and oxygen atoms in total. The summed E-state index contributed by atoms with van der Waals surface area (Å²) in [5.41, 5.74) is 2.05. The van der Waals surface area contributed by atoms with E-state index in [1.807, 2.05) is 25.1 Å². The van der Waals surface area contributed by atoms with Crippen molar-refractivity contribution < 1.29 is 22.4 Å². The minimum absolute atomic E-state index is 0.0240. The minimum atomic E-state index is -4.45. The number of benzene rings is 3. The Bertz CT molecular complexity index is 1510. The van der Waals surface area contributed by atoms with Gasteiger partial charge in [0.2, 0.25) is 0 Å². The first-order chi connectivity index (χ1) is 18.1. The first-order valence-electron chi connectivity index (χ1n) is 12.5. The lowest BCUT2D eigenvalue weighted by Crippen LogP contribution is -2.39. The van der Waals surface area contributed by atoms with Gasteiger partial charge in [-0.3, -0.25) is 13.9 Å². The van der Waals surface area contributed by atoms with Crippen LogP contribution in [0.1, 0.15) is 34.3 Å². The zero-order chi connectivity index (χ0) is 27.0. The zero-order valence-electron chi connectivity index (χ0n) is 20.8. The summed E-state index contributed by atoms with van der Waals surface area (Å²) in [5, 5.41) is 0. The lowest BCUT2D eigenvalue weighted by atomic mass is 9.89. The van der Waals surface area contributed by atoms with E-state index >= 15 is 0 Å². The van der Waals surface area contributed by atoms with Crippen LogP contribution in [0.25, 0.3) is 16.7 Å². The molecule has 0 unspecified atom stereocenters. The molecule has 1 fully saturated rings. The van der Waals surface area contributed by atoms with Crippen molar-refractivity contribution in [2.75, 3.05) is 19.6 Å². The fourth-order valence-electron chi connectivity index (χ4n) is 5.24. The summed E-state index contributed by atoms with van der Waals surface area (Å²) < 4.78 is 55.5. The molecule has 0 atom stereocenters. The largest absolute Gasteiger partial charge is 0.416 e. The van der Waals surface area contributed by atoms with Gasteiger partial charge in [-0.25, -0.2) is 9.18 Å². The molecule has 0 amide bonds. The summed E-state index contributed by atoms with van der Waals surface area (Å²) in [6.45, 7) is 4.27. The van der Waals surface area contributed by atoms with E-state index in [1.54, 1.807) is 4.57 Å². The summed E-state index contributed by atoms with van der Waals surface area (Å²) >= 11 is 0. The Morgan fingerprint density at radius 2 is 1.58 bits per heavy atom. The molecule has 1 saturated heterocycles. The highest BCUT2D eigenvalue weighted by molar-refractivity contribution is 5.97. The maximum atomic E-state index is 13.5. The zero-order valence-corrected chi connectivity index (χ0v) is 20.8. The summed E-state index contributed by atoms with van der Waals surface area (Å²) in [6.07, 6.45) is -3.10. The van der Waals surface area contributed by atoms with Gasteiger partial charge in [0.25, 0.3) is 0 Å². The van der Waals surface area contributed by atoms with Crippen LogP contribution in [0.2, 0.25) is 0 Å². The van der Waals surface area contributed by atoms with Gasteiger partial charge in [0.15, 0.2) is 5.78 Å². The number of para-hydroxylation sites is 1. The molecule has 0 N–H and O–H groups in total. The average molecular weight is 526 g/mol. The lowest BCUT2D eigenvalue weighted by molar-refractivity contribution is -0.137. The van der Waals surface area contributed by atoms with Crippen LogP contribution in [-0.4, -0.2) is 39.5 Å². The quantitative estimate of drug-likeness (QED) is 0.234. The van der Waals surface area contributed by atoms with Gasteiger partial charge in [0, 0.05) is 24.6 Å². The molecule has 38 heavy (non-hydrogen) atoms. The van der Waals surface area contributed by atoms with Crippen LogP contribution in [-0.2, 0) is 12.7 Å². The van der Waals surface area contributed by atoms with Gasteiger partial charge in [0.1, 0.15) is 5.82 Å². The number of hydrogen-bond acceptors (Lipinski definition) is 3. The van der Waals surface area contributed by atoms with E-state index in [0.29, 0.717) is 55.8 Å². The Morgan fingerprint density at radius 1 is 0.921 bits per heavy atom. The van der Waals surface area contributed by atoms with Gasteiger partial charge < -0.3 is 4.90 Å². The van der Waals surface area contributed by atoms with Crippen LogP contribution >= 0.6 is 0 Å². The molecule has 198 valence electrons. The van der Waals surface area contributed by atoms with Crippen molar-refractivity contribution in [2.24, 2.45) is 5.92 Å². The number of Topliss-reactive ketones (excluding diaryl/α,β-unsaturated/α-hetero) is 1. The predicted octanol–water partition coefficient (Wildman–Crippen LogP) is 5.85. The Hall–Kier alpha value is -3.72. The Morgan fingerprint density at radius 3 is 2.21 bits per heavy atom. The van der Waals surface area contributed by atoms with Crippen molar-refractivity contribution in [3.8, 4) is 5.69 Å². The smallest absolute Gasteiger partial charge is 0.302 e. The highest BCUT2D eigenvalue weighted by Gasteiger charge is 2.30. The highest BCUT2D eigenvalue weighted by atomic mass is 19.4. The monoisotopic (exact) mass is 525 g/mol. The summed E-state index contributed by atoms with van der Waals surface area (Å²) in [4.78, 5) is 28.5. The number of imidazole rings is 1. The number of nitrogens with zero attached hydrogens (tertiary/aromatic N) is 3. The number of carbonyl (C=O) groups is 1. The van der Waals surface area contributed by atoms with E-state index in [0.717, 1.165) is 23.2 Å². The third kappa shape index (κ3) is 5.03. The third-order valence-electron chi connectivity index (χ3n) is 7.33. The third-order valence-corrected chi connectivity index (χ3v) is 7.33. The molecule has 0 bridgehead atoms. The maximum Gasteiger partial charge on any atom is 0.416 e. The van der Waals surface area contributed by atoms with Gasteiger partial charge in [-0.2, -0.15) is 13.2 Å². The second-order valence-electron chi connectivity index (χ2n) is 9.74. The van der Waals surface area contributed by atoms with Crippen molar-refractivity contribution in [1.82, 2.24) is 14.0 Å². The van der Waals surface area contributed by atoms with E-state index in [2.05, 4.69) is 4.90 Å². The number of likely N-dealkylation sites (tertiary alicyclic amines) is 1. The number of aromatic nitrogens is 2. The van der Waals surface area contributed by atoms with Crippen molar-refractivity contribution in [1.29, 1.82) is 0 Å². The van der Waals surface area contributed by atoms with Crippen LogP contribution in [0.4, 0.5) is 17.6 Å². The molecule has 2 heterocycles. The molecule has 1 aliphatic rings. The number of aryl methyl sites for hydroxylation is 1. The molecule has 4 aromatic rings. The molecule has 0 saturated carbocycles. The van der Waals surface area contributed by atoms with Crippen molar-refractivity contribution in [3.63, 3.8) is 0 Å². The van der Waals surface area contributed by atoms with Crippen LogP contribution in [0.15, 0.2) is 71.5 Å². The first-order valence-corrected chi connectivity index (χ1v) is 12.5. The number of ketones is 1. The number of alkyl halides is 3. The van der Waals surface area contributed by atoms with Gasteiger partial charge in [-0.15, -0.1) is 0 Å². The second kappa shape index (κ2) is 10.2. The minimum Gasteiger partial charge on any atom is -0.302 e. The molecule has 0 spiro atoms. The SMILES string of the molecule is Cc1cccc2c1n(-c1ccc(C(F)(F)F)cc1)c(=O)n2CCN1CCC(C(=O)c2ccc(F)cc2)CC1. The van der Waals surface area contributed by atoms with Crippen molar-refractivity contribution in [2.45, 2.75) is 32.5 Å². The van der Waals surface area contributed by atoms with Gasteiger partial charge in [-0.05, 0) is 93.0 Å². The fraction of sp³-hybridized carbons (Fsp3) is 0.310. The molecular weight excluding hydrogens is 498 g/mol. The number of rotatable bonds is 6. The Balaban J connectivity index is 1.33. The molecule has 1 aromatic heterocycles. The number of hydrogen-bond donors (Lipinski definition) is 0. The number of fused-ring (bicyclic) bond motifs is 1. The molecule has 5 rings (SSSR count). The normalized spacial score (nSPS) is 15.3. The van der Waals surface area contributed by atoms with Crippen LogP contribution in [0.5, 0.6) is 0 Å². The van der Waals surface area contributed by atoms with Crippen molar-refractivity contribution in [3.05, 3.63) is 99.7 Å². The van der Waals surface area contributed by atoms with E-state index in [1.165, 1.54) is 41.0 Å². The van der Waals surface area contributed by atoms with E-state index in [9.17, 15) is 27.2 Å². The van der Waals surface area contributed by atoms with Crippen LogP contribution < -0.4 is 5.69 Å². The number of carbonyl (C=O) groups excluding carboxylic acids is 1. The number of piperidine rings is 1.